The van der Waals surface area contributed by atoms with E-state index >= 15 is 0 Å². The minimum Gasteiger partial charge on any atom is -0.508 e. The third-order valence-corrected chi connectivity index (χ3v) is 5.67. The maximum absolute atomic E-state index is 9.46. The Bertz CT molecular complexity index is 710. The molecule has 0 saturated carbocycles. The SMILES string of the molecule is CCCc1nnc2n1N1C(=CSC1c1ccc(O)cc1)S2. The fourth-order valence-electron chi connectivity index (χ4n) is 2.53. The van der Waals surface area contributed by atoms with Crippen molar-refractivity contribution in [2.75, 3.05) is 5.01 Å². The second kappa shape index (κ2) is 4.99. The van der Waals surface area contributed by atoms with Gasteiger partial charge in [0.15, 0.2) is 5.82 Å². The molecular weight excluding hydrogens is 304 g/mol. The number of fused-ring (bicyclic) bond motifs is 3. The van der Waals surface area contributed by atoms with E-state index in [-0.39, 0.29) is 5.37 Å². The Morgan fingerprint density at radius 1 is 1.24 bits per heavy atom. The van der Waals surface area contributed by atoms with Crippen LogP contribution in [-0.2, 0) is 6.42 Å². The predicted octanol–water partition coefficient (Wildman–Crippen LogP) is 3.22. The van der Waals surface area contributed by atoms with Crippen LogP contribution in [0.25, 0.3) is 0 Å². The first-order valence-corrected chi connectivity index (χ1v) is 8.60. The lowest BCUT2D eigenvalue weighted by atomic mass is 10.2. The van der Waals surface area contributed by atoms with E-state index in [1.165, 1.54) is 5.03 Å². The number of nitrogens with zero attached hydrogens (tertiary/aromatic N) is 4. The lowest BCUT2D eigenvalue weighted by Gasteiger charge is -2.25. The Balaban J connectivity index is 1.73. The van der Waals surface area contributed by atoms with Crippen molar-refractivity contribution in [1.29, 1.82) is 0 Å². The van der Waals surface area contributed by atoms with Crippen molar-refractivity contribution in [1.82, 2.24) is 14.9 Å². The molecule has 1 N–H and O–H groups in total. The summed E-state index contributed by atoms with van der Waals surface area (Å²) in [7, 11) is 0. The van der Waals surface area contributed by atoms with Gasteiger partial charge in [0.2, 0.25) is 5.16 Å². The van der Waals surface area contributed by atoms with Gasteiger partial charge in [0.1, 0.15) is 16.2 Å². The molecule has 7 heteroatoms. The number of aromatic nitrogens is 3. The molecule has 2 aromatic rings. The smallest absolute Gasteiger partial charge is 0.216 e. The molecule has 21 heavy (non-hydrogen) atoms. The van der Waals surface area contributed by atoms with Crippen molar-refractivity contribution in [3.8, 4) is 5.75 Å². The highest BCUT2D eigenvalue weighted by atomic mass is 32.2. The molecule has 0 saturated heterocycles. The zero-order chi connectivity index (χ0) is 14.4. The molecule has 2 aliphatic rings. The molecular formula is C14H14N4OS2. The molecule has 4 rings (SSSR count). The molecule has 108 valence electrons. The molecule has 1 aromatic heterocycles. The van der Waals surface area contributed by atoms with Gasteiger partial charge in [-0.3, -0.25) is 5.01 Å². The number of aryl methyl sites for hydroxylation is 1. The van der Waals surface area contributed by atoms with Gasteiger partial charge in [0.25, 0.3) is 0 Å². The first kappa shape index (κ1) is 13.1. The molecule has 1 aromatic carbocycles. The number of thioether (sulfide) groups is 2. The third kappa shape index (κ3) is 2.03. The average Bonchev–Trinajstić information content (AvgIpc) is 3.12. The zero-order valence-electron chi connectivity index (χ0n) is 11.4. The maximum atomic E-state index is 9.46. The van der Waals surface area contributed by atoms with E-state index in [0.717, 1.165) is 29.4 Å². The van der Waals surface area contributed by atoms with Crippen LogP contribution in [-0.4, -0.2) is 20.0 Å². The number of aromatic hydroxyl groups is 1. The minimum atomic E-state index is 0.168. The molecule has 0 spiro atoms. The van der Waals surface area contributed by atoms with Crippen molar-refractivity contribution < 1.29 is 5.11 Å². The summed E-state index contributed by atoms with van der Waals surface area (Å²) in [6.45, 7) is 2.15. The Labute approximate surface area is 131 Å². The number of benzene rings is 1. The monoisotopic (exact) mass is 318 g/mol. The lowest BCUT2D eigenvalue weighted by Crippen LogP contribution is -2.30. The van der Waals surface area contributed by atoms with Gasteiger partial charge in [-0.25, -0.2) is 4.68 Å². The summed E-state index contributed by atoms with van der Waals surface area (Å²) in [5.41, 5.74) is 1.16. The fraction of sp³-hybridized carbons (Fsp3) is 0.286. The standard InChI is InChI=1S/C14H14N4OS2/c1-2-3-11-15-16-14-17(11)18-12(21-14)8-20-13(18)9-4-6-10(19)7-5-9/h4-8,13,19H,2-3H2,1H3. The summed E-state index contributed by atoms with van der Waals surface area (Å²) in [6, 6.07) is 7.40. The van der Waals surface area contributed by atoms with E-state index < -0.39 is 0 Å². The van der Waals surface area contributed by atoms with E-state index in [1.54, 1.807) is 35.7 Å². The van der Waals surface area contributed by atoms with Crippen molar-refractivity contribution in [2.24, 2.45) is 0 Å². The summed E-state index contributed by atoms with van der Waals surface area (Å²) in [5.74, 6) is 1.30. The van der Waals surface area contributed by atoms with Gasteiger partial charge in [0, 0.05) is 11.8 Å². The first-order valence-electron chi connectivity index (χ1n) is 6.84. The number of rotatable bonds is 3. The van der Waals surface area contributed by atoms with Crippen LogP contribution in [0.1, 0.15) is 30.1 Å². The Morgan fingerprint density at radius 2 is 2.05 bits per heavy atom. The first-order chi connectivity index (χ1) is 10.3. The van der Waals surface area contributed by atoms with Crippen molar-refractivity contribution in [2.45, 2.75) is 30.3 Å². The van der Waals surface area contributed by atoms with Crippen LogP contribution in [0.15, 0.2) is 39.9 Å². The normalized spacial score (nSPS) is 19.6. The van der Waals surface area contributed by atoms with Crippen LogP contribution in [0.4, 0.5) is 0 Å². The van der Waals surface area contributed by atoms with E-state index in [4.69, 9.17) is 0 Å². The van der Waals surface area contributed by atoms with Crippen LogP contribution in [0.3, 0.4) is 0 Å². The van der Waals surface area contributed by atoms with Crippen LogP contribution in [0.5, 0.6) is 5.75 Å². The van der Waals surface area contributed by atoms with Gasteiger partial charge in [-0.05, 0) is 35.9 Å². The van der Waals surface area contributed by atoms with Crippen LogP contribution >= 0.6 is 23.5 Å². The molecule has 3 heterocycles. The lowest BCUT2D eigenvalue weighted by molar-refractivity contribution is 0.475. The van der Waals surface area contributed by atoms with Gasteiger partial charge in [-0.2, -0.15) is 0 Å². The molecule has 0 radical (unpaired) electrons. The summed E-state index contributed by atoms with van der Waals surface area (Å²) in [4.78, 5) is 0. The highest BCUT2D eigenvalue weighted by Crippen LogP contribution is 2.51. The predicted molar refractivity (Wildman–Crippen MR) is 84.6 cm³/mol. The van der Waals surface area contributed by atoms with Gasteiger partial charge < -0.3 is 5.11 Å². The Morgan fingerprint density at radius 3 is 2.81 bits per heavy atom. The Hall–Kier alpha value is -1.60. The summed E-state index contributed by atoms with van der Waals surface area (Å²) < 4.78 is 2.14. The van der Waals surface area contributed by atoms with Gasteiger partial charge in [-0.15, -0.1) is 10.2 Å². The Kier molecular flexibility index (Phi) is 3.11. The molecule has 0 aliphatic carbocycles. The van der Waals surface area contributed by atoms with Gasteiger partial charge in [0.05, 0.1) is 0 Å². The second-order valence-corrected chi connectivity index (χ2v) is 6.89. The minimum absolute atomic E-state index is 0.168. The van der Waals surface area contributed by atoms with E-state index in [9.17, 15) is 5.11 Å². The summed E-state index contributed by atoms with van der Waals surface area (Å²) in [5, 5.41) is 24.8. The van der Waals surface area contributed by atoms with Gasteiger partial charge in [-0.1, -0.05) is 30.8 Å². The molecule has 1 atom stereocenters. The largest absolute Gasteiger partial charge is 0.508 e. The van der Waals surface area contributed by atoms with E-state index in [1.807, 2.05) is 12.1 Å². The number of hydrogen-bond acceptors (Lipinski definition) is 6. The van der Waals surface area contributed by atoms with Crippen LogP contribution in [0.2, 0.25) is 0 Å². The highest BCUT2D eigenvalue weighted by Gasteiger charge is 2.39. The quantitative estimate of drug-likeness (QED) is 0.938. The zero-order valence-corrected chi connectivity index (χ0v) is 13.1. The molecule has 1 unspecified atom stereocenters. The van der Waals surface area contributed by atoms with E-state index in [0.29, 0.717) is 5.75 Å². The third-order valence-electron chi connectivity index (χ3n) is 3.49. The molecule has 0 fully saturated rings. The molecule has 0 bridgehead atoms. The van der Waals surface area contributed by atoms with Crippen molar-refractivity contribution in [3.05, 3.63) is 46.1 Å². The van der Waals surface area contributed by atoms with Crippen molar-refractivity contribution >= 4 is 23.5 Å². The fourth-order valence-corrected chi connectivity index (χ4v) is 4.78. The van der Waals surface area contributed by atoms with Crippen molar-refractivity contribution in [3.63, 3.8) is 0 Å². The molecule has 5 nitrogen and oxygen atoms in total. The van der Waals surface area contributed by atoms with Crippen LogP contribution in [0, 0.1) is 0 Å². The van der Waals surface area contributed by atoms with Crippen LogP contribution < -0.4 is 5.01 Å². The van der Waals surface area contributed by atoms with Gasteiger partial charge >= 0.3 is 0 Å². The molecule has 0 amide bonds. The second-order valence-electron chi connectivity index (χ2n) is 4.94. The maximum Gasteiger partial charge on any atom is 0.216 e. The highest BCUT2D eigenvalue weighted by molar-refractivity contribution is 8.07. The topological polar surface area (TPSA) is 54.2 Å². The summed E-state index contributed by atoms with van der Waals surface area (Å²) in [6.07, 6.45) is 1.97. The number of phenols is 1. The van der Waals surface area contributed by atoms with E-state index in [2.05, 4.69) is 32.2 Å². The number of hydrogen-bond donors (Lipinski definition) is 1. The average molecular weight is 318 g/mol. The molecule has 2 aliphatic heterocycles. The number of phenolic OH excluding ortho intramolecular Hbond substituents is 1. The summed E-state index contributed by atoms with van der Waals surface area (Å²) >= 11 is 3.43.